The lowest BCUT2D eigenvalue weighted by Crippen LogP contribution is -1.85. The Labute approximate surface area is 91.4 Å². The molecule has 3 aromatic rings. The first-order valence-corrected chi connectivity index (χ1v) is 4.58. The minimum Gasteiger partial charge on any atom is -0.139 e. The van der Waals surface area contributed by atoms with Crippen molar-refractivity contribution in [3.8, 4) is 0 Å². The average Bonchev–Trinajstić information content (AvgIpc) is 2.42. The van der Waals surface area contributed by atoms with Gasteiger partial charge in [-0.1, -0.05) is 18.2 Å². The van der Waals surface area contributed by atoms with Gasteiger partial charge >= 0.3 is 0 Å². The molecule has 2 heterocycles. The molecule has 16 heavy (non-hydrogen) atoms. The minimum atomic E-state index is 0.887. The van der Waals surface area contributed by atoms with E-state index >= 15 is 0 Å². The van der Waals surface area contributed by atoms with Crippen molar-refractivity contribution in [1.82, 2.24) is 30.8 Å². The van der Waals surface area contributed by atoms with Gasteiger partial charge in [-0.05, 0) is 22.6 Å². The fourth-order valence-corrected chi connectivity index (χ4v) is 1.05. The lowest BCUT2D eigenvalue weighted by atomic mass is 10.2. The van der Waals surface area contributed by atoms with Crippen LogP contribution in [-0.4, -0.2) is 30.8 Å². The predicted octanol–water partition coefficient (Wildman–Crippen LogP) is 0.896. The molecule has 0 bridgehead atoms. The van der Waals surface area contributed by atoms with Gasteiger partial charge in [0.1, 0.15) is 0 Å². The van der Waals surface area contributed by atoms with Crippen LogP contribution in [0.25, 0.3) is 10.9 Å². The normalized spacial score (nSPS) is 9.25. The quantitative estimate of drug-likeness (QED) is 0.551. The SMILES string of the molecule is c1ccc2nnncc2c1.c1cnnnc1. The largest absolute Gasteiger partial charge is 0.139 e. The first kappa shape index (κ1) is 10.0. The van der Waals surface area contributed by atoms with Crippen LogP contribution in [0.2, 0.25) is 0 Å². The van der Waals surface area contributed by atoms with E-state index in [2.05, 4.69) is 30.8 Å². The Morgan fingerprint density at radius 3 is 2.19 bits per heavy atom. The van der Waals surface area contributed by atoms with E-state index in [1.807, 2.05) is 24.3 Å². The molecule has 0 aliphatic heterocycles. The molecule has 0 radical (unpaired) electrons. The van der Waals surface area contributed by atoms with Gasteiger partial charge in [-0.3, -0.25) is 0 Å². The average molecular weight is 212 g/mol. The summed E-state index contributed by atoms with van der Waals surface area (Å²) in [7, 11) is 0. The number of fused-ring (bicyclic) bond motifs is 1. The zero-order valence-electron chi connectivity index (χ0n) is 8.30. The summed E-state index contributed by atoms with van der Waals surface area (Å²) in [4.78, 5) is 0. The number of aromatic nitrogens is 6. The van der Waals surface area contributed by atoms with E-state index in [1.165, 1.54) is 0 Å². The van der Waals surface area contributed by atoms with Gasteiger partial charge in [0.15, 0.2) is 0 Å². The molecule has 0 saturated heterocycles. The monoisotopic (exact) mass is 212 g/mol. The lowest BCUT2D eigenvalue weighted by Gasteiger charge is -1.89. The molecular formula is C10H8N6. The molecule has 6 heteroatoms. The Kier molecular flexibility index (Phi) is 3.38. The van der Waals surface area contributed by atoms with E-state index in [9.17, 15) is 0 Å². The highest BCUT2D eigenvalue weighted by Crippen LogP contribution is 2.05. The molecule has 3 rings (SSSR count). The maximum absolute atomic E-state index is 3.82. The summed E-state index contributed by atoms with van der Waals surface area (Å²) in [5.74, 6) is 0. The summed E-state index contributed by atoms with van der Waals surface area (Å²) in [6.07, 6.45) is 4.85. The third-order valence-electron chi connectivity index (χ3n) is 1.75. The van der Waals surface area contributed by atoms with Crippen molar-refractivity contribution in [2.75, 3.05) is 0 Å². The molecule has 2 aromatic heterocycles. The molecular weight excluding hydrogens is 204 g/mol. The maximum Gasteiger partial charge on any atom is 0.0963 e. The van der Waals surface area contributed by atoms with Crippen molar-refractivity contribution in [1.29, 1.82) is 0 Å². The maximum atomic E-state index is 3.82. The predicted molar refractivity (Wildman–Crippen MR) is 57.2 cm³/mol. The smallest absolute Gasteiger partial charge is 0.0963 e. The number of hydrogen-bond acceptors (Lipinski definition) is 6. The van der Waals surface area contributed by atoms with Gasteiger partial charge in [0.05, 0.1) is 24.1 Å². The molecule has 0 spiro atoms. The van der Waals surface area contributed by atoms with E-state index in [1.54, 1.807) is 24.7 Å². The molecule has 0 aliphatic rings. The minimum absolute atomic E-state index is 0.887. The molecule has 0 amide bonds. The van der Waals surface area contributed by atoms with E-state index in [0.717, 1.165) is 10.9 Å². The molecule has 1 aromatic carbocycles. The van der Waals surface area contributed by atoms with Crippen LogP contribution in [-0.2, 0) is 0 Å². The summed E-state index contributed by atoms with van der Waals surface area (Å²) in [6, 6.07) is 9.46. The lowest BCUT2D eigenvalue weighted by molar-refractivity contribution is 0.865. The van der Waals surface area contributed by atoms with Crippen LogP contribution in [0.15, 0.2) is 48.9 Å². The van der Waals surface area contributed by atoms with Crippen molar-refractivity contribution in [3.05, 3.63) is 48.9 Å². The van der Waals surface area contributed by atoms with Gasteiger partial charge < -0.3 is 0 Å². The third kappa shape index (κ3) is 2.74. The van der Waals surface area contributed by atoms with Gasteiger partial charge in [0.2, 0.25) is 0 Å². The van der Waals surface area contributed by atoms with Crippen molar-refractivity contribution >= 4 is 10.9 Å². The first-order chi connectivity index (χ1) is 7.97. The number of nitrogens with zero attached hydrogens (tertiary/aromatic N) is 6. The van der Waals surface area contributed by atoms with Crippen LogP contribution in [0.5, 0.6) is 0 Å². The van der Waals surface area contributed by atoms with Crippen molar-refractivity contribution in [2.24, 2.45) is 0 Å². The summed E-state index contributed by atoms with van der Waals surface area (Å²) < 4.78 is 0. The molecule has 78 valence electrons. The number of hydrogen-bond donors (Lipinski definition) is 0. The second kappa shape index (κ2) is 5.40. The van der Waals surface area contributed by atoms with Crippen molar-refractivity contribution in [2.45, 2.75) is 0 Å². The number of benzene rings is 1. The molecule has 0 fully saturated rings. The van der Waals surface area contributed by atoms with Crippen LogP contribution >= 0.6 is 0 Å². The molecule has 0 saturated carbocycles. The topological polar surface area (TPSA) is 77.3 Å². The van der Waals surface area contributed by atoms with E-state index in [0.29, 0.717) is 0 Å². The van der Waals surface area contributed by atoms with Gasteiger partial charge in [-0.15, -0.1) is 20.4 Å². The third-order valence-corrected chi connectivity index (χ3v) is 1.75. The van der Waals surface area contributed by atoms with Crippen molar-refractivity contribution < 1.29 is 0 Å². The summed E-state index contributed by atoms with van der Waals surface area (Å²) in [5.41, 5.74) is 0.887. The summed E-state index contributed by atoms with van der Waals surface area (Å²) >= 11 is 0. The summed E-state index contributed by atoms with van der Waals surface area (Å²) in [6.45, 7) is 0. The Hall–Kier alpha value is -2.50. The Bertz CT molecular complexity index is 450. The molecule has 6 nitrogen and oxygen atoms in total. The van der Waals surface area contributed by atoms with Crippen LogP contribution in [0, 0.1) is 0 Å². The highest BCUT2D eigenvalue weighted by atomic mass is 15.3. The Balaban J connectivity index is 0.000000138. The fourth-order valence-electron chi connectivity index (χ4n) is 1.05. The zero-order chi connectivity index (χ0) is 11.1. The van der Waals surface area contributed by atoms with Crippen molar-refractivity contribution in [3.63, 3.8) is 0 Å². The van der Waals surface area contributed by atoms with Crippen LogP contribution in [0.1, 0.15) is 0 Å². The first-order valence-electron chi connectivity index (χ1n) is 4.58. The van der Waals surface area contributed by atoms with Gasteiger partial charge in [0.25, 0.3) is 0 Å². The molecule has 0 aliphatic carbocycles. The van der Waals surface area contributed by atoms with E-state index in [-0.39, 0.29) is 0 Å². The second-order valence-corrected chi connectivity index (χ2v) is 2.80. The summed E-state index contributed by atoms with van der Waals surface area (Å²) in [5, 5.41) is 22.1. The van der Waals surface area contributed by atoms with Gasteiger partial charge in [0, 0.05) is 5.39 Å². The van der Waals surface area contributed by atoms with Gasteiger partial charge in [-0.2, -0.15) is 0 Å². The van der Waals surface area contributed by atoms with Crippen LogP contribution < -0.4 is 0 Å². The second-order valence-electron chi connectivity index (χ2n) is 2.80. The van der Waals surface area contributed by atoms with Crippen LogP contribution in [0.4, 0.5) is 0 Å². The fraction of sp³-hybridized carbons (Fsp3) is 0. The highest BCUT2D eigenvalue weighted by molar-refractivity contribution is 5.76. The molecule has 0 atom stereocenters. The van der Waals surface area contributed by atoms with E-state index < -0.39 is 0 Å². The Morgan fingerprint density at radius 1 is 0.750 bits per heavy atom. The molecule has 0 unspecified atom stereocenters. The Morgan fingerprint density at radius 2 is 1.56 bits per heavy atom. The highest BCUT2D eigenvalue weighted by Gasteiger charge is 1.88. The zero-order valence-corrected chi connectivity index (χ0v) is 8.30. The van der Waals surface area contributed by atoms with Gasteiger partial charge in [-0.25, -0.2) is 0 Å². The number of rotatable bonds is 0. The standard InChI is InChI=1S/C7H5N3.C3H3N3/c1-2-4-7-6(3-1)5-8-10-9-7;1-2-4-6-5-3-1/h1-5H;1-3H. The molecule has 0 N–H and O–H groups in total. The van der Waals surface area contributed by atoms with E-state index in [4.69, 9.17) is 0 Å². The van der Waals surface area contributed by atoms with Crippen LogP contribution in [0.3, 0.4) is 0 Å².